The van der Waals surface area contributed by atoms with Gasteiger partial charge < -0.3 is 26.3 Å². The Morgan fingerprint density at radius 3 is 2.61 bits per heavy atom. The molecule has 14 heteroatoms. The molecule has 1 atom stereocenters. The molecule has 0 radical (unpaired) electrons. The van der Waals surface area contributed by atoms with Crippen LogP contribution in [0.4, 0.5) is 13.2 Å². The number of nitrogens with zero attached hydrogens (tertiary/aromatic N) is 1. The van der Waals surface area contributed by atoms with E-state index in [0.29, 0.717) is 22.6 Å². The Labute approximate surface area is 217 Å². The van der Waals surface area contributed by atoms with Crippen LogP contribution >= 0.6 is 34.5 Å². The molecular formula is C22H21Cl2F3N4O4S. The molecule has 1 aromatic heterocycles. The molecule has 194 valence electrons. The second-order valence-corrected chi connectivity index (χ2v) is 10.1. The summed E-state index contributed by atoms with van der Waals surface area (Å²) in [7, 11) is 0. The number of nitrogens with one attached hydrogen (secondary N) is 2. The van der Waals surface area contributed by atoms with E-state index in [1.807, 2.05) is 0 Å². The molecular weight excluding hydrogens is 544 g/mol. The molecule has 5 N–H and O–H groups in total. The van der Waals surface area contributed by atoms with Crippen LogP contribution in [0.5, 0.6) is 5.75 Å². The molecule has 1 aliphatic carbocycles. The fourth-order valence-electron chi connectivity index (χ4n) is 4.23. The number of benzene rings is 1. The number of phenols is 1. The van der Waals surface area contributed by atoms with Crippen molar-refractivity contribution < 1.29 is 32.7 Å². The third kappa shape index (κ3) is 4.74. The number of carbonyl (C=O) groups is 2. The molecule has 2 heterocycles. The highest BCUT2D eigenvalue weighted by molar-refractivity contribution is 7.16. The molecule has 2 aromatic rings. The first kappa shape index (κ1) is 26.5. The largest absolute Gasteiger partial charge is 0.506 e. The summed E-state index contributed by atoms with van der Waals surface area (Å²) in [6.07, 6.45) is -3.74. The minimum Gasteiger partial charge on any atom is -0.506 e. The minimum atomic E-state index is -4.92. The number of hydrogen-bond acceptors (Lipinski definition) is 7. The quantitative estimate of drug-likeness (QED) is 0.408. The van der Waals surface area contributed by atoms with Gasteiger partial charge in [-0.15, -0.1) is 11.3 Å². The fourth-order valence-corrected chi connectivity index (χ4v) is 5.85. The lowest BCUT2D eigenvalue weighted by atomic mass is 9.87. The number of amides is 2. The summed E-state index contributed by atoms with van der Waals surface area (Å²) in [5.74, 6) is -1.52. The molecule has 1 aliphatic heterocycles. The van der Waals surface area contributed by atoms with Crippen molar-refractivity contribution in [2.75, 3.05) is 19.6 Å². The summed E-state index contributed by atoms with van der Waals surface area (Å²) >= 11 is 12.7. The van der Waals surface area contributed by atoms with E-state index in [9.17, 15) is 27.9 Å². The van der Waals surface area contributed by atoms with Crippen molar-refractivity contribution in [3.05, 3.63) is 48.6 Å². The summed E-state index contributed by atoms with van der Waals surface area (Å²) in [6, 6.07) is 1.84. The number of aromatic hydroxyl groups is 1. The predicted molar refractivity (Wildman–Crippen MR) is 129 cm³/mol. The Morgan fingerprint density at radius 1 is 1.22 bits per heavy atom. The Kier molecular flexibility index (Phi) is 7.42. The number of fused-ring (bicyclic) bond motifs is 1. The van der Waals surface area contributed by atoms with Crippen molar-refractivity contribution in [1.29, 1.82) is 0 Å². The molecule has 1 unspecified atom stereocenters. The lowest BCUT2D eigenvalue weighted by Gasteiger charge is -2.29. The van der Waals surface area contributed by atoms with E-state index in [1.54, 1.807) is 0 Å². The Morgan fingerprint density at radius 2 is 1.94 bits per heavy atom. The van der Waals surface area contributed by atoms with Crippen molar-refractivity contribution in [1.82, 2.24) is 10.6 Å². The Bertz CT molecular complexity index is 1230. The summed E-state index contributed by atoms with van der Waals surface area (Å²) in [6.45, 7) is 0.264. The van der Waals surface area contributed by atoms with Gasteiger partial charge in [-0.2, -0.15) is 13.2 Å². The normalized spacial score (nSPS) is 19.0. The fraction of sp³-hybridized carbons (Fsp3) is 0.409. The van der Waals surface area contributed by atoms with Crippen molar-refractivity contribution in [2.24, 2.45) is 10.9 Å². The van der Waals surface area contributed by atoms with Crippen LogP contribution < -0.4 is 16.4 Å². The zero-order valence-corrected chi connectivity index (χ0v) is 20.9. The van der Waals surface area contributed by atoms with Gasteiger partial charge in [0, 0.05) is 18.7 Å². The van der Waals surface area contributed by atoms with Gasteiger partial charge in [0.05, 0.1) is 27.7 Å². The van der Waals surface area contributed by atoms with Crippen LogP contribution in [-0.2, 0) is 28.1 Å². The third-order valence-corrected chi connectivity index (χ3v) is 8.09. The molecule has 4 rings (SSSR count). The van der Waals surface area contributed by atoms with E-state index in [-0.39, 0.29) is 35.4 Å². The zero-order chi connectivity index (χ0) is 26.3. The molecule has 1 aromatic carbocycles. The van der Waals surface area contributed by atoms with Crippen LogP contribution in [0, 0.1) is 0 Å². The van der Waals surface area contributed by atoms with Crippen LogP contribution in [0.15, 0.2) is 17.3 Å². The summed E-state index contributed by atoms with van der Waals surface area (Å²) in [4.78, 5) is 30.4. The molecule has 2 amide bonds. The van der Waals surface area contributed by atoms with Gasteiger partial charge in [0.25, 0.3) is 11.5 Å². The number of carbonyl (C=O) groups excluding carboxylic acids is 2. The van der Waals surface area contributed by atoms with Gasteiger partial charge in [-0.25, -0.2) is 0 Å². The van der Waals surface area contributed by atoms with Crippen molar-refractivity contribution in [2.45, 2.75) is 37.5 Å². The van der Waals surface area contributed by atoms with Crippen LogP contribution in [0.3, 0.4) is 0 Å². The van der Waals surface area contributed by atoms with Crippen LogP contribution in [-0.4, -0.2) is 48.4 Å². The van der Waals surface area contributed by atoms with Gasteiger partial charge in [0.1, 0.15) is 16.5 Å². The van der Waals surface area contributed by atoms with E-state index in [1.165, 1.54) is 0 Å². The molecule has 0 fully saturated rings. The molecule has 36 heavy (non-hydrogen) atoms. The number of hydrogen-bond donors (Lipinski definition) is 4. The van der Waals surface area contributed by atoms with Crippen molar-refractivity contribution >= 4 is 52.1 Å². The number of nitrogens with two attached hydrogens (primary N) is 1. The second kappa shape index (κ2) is 10.1. The highest BCUT2D eigenvalue weighted by atomic mass is 35.5. The van der Waals surface area contributed by atoms with E-state index >= 15 is 0 Å². The summed E-state index contributed by atoms with van der Waals surface area (Å²) in [5.41, 5.74) is 3.50. The topological polar surface area (TPSA) is 126 Å². The standard InChI is InChI=1S/C22H21Cl2F3N4O4S/c23-13-6-10(7-15(32)17(13)24)21(22(25,26)27)8-14(31-35-21)18-11-2-1-3-12(11)19(36-18)20(34)30-9-16(33)29-5-4-28/h6-7,32H,1-5,8-9,28H2,(H,29,33)(H,30,34). The molecule has 0 spiro atoms. The second-order valence-electron chi connectivity index (χ2n) is 8.31. The SMILES string of the molecule is NCCNC(=O)CNC(=O)c1sc(C2=NOC(c3cc(O)c(Cl)c(Cl)c3)(C(F)(F)F)C2)c2c1CCC2. The average molecular weight is 565 g/mol. The molecule has 0 saturated heterocycles. The summed E-state index contributed by atoms with van der Waals surface area (Å²) in [5, 5.41) is 18.3. The van der Waals surface area contributed by atoms with E-state index in [4.69, 9.17) is 33.8 Å². The number of rotatable bonds is 7. The minimum absolute atomic E-state index is 0.0285. The number of alkyl halides is 3. The first-order chi connectivity index (χ1) is 17.0. The van der Waals surface area contributed by atoms with E-state index in [0.717, 1.165) is 41.0 Å². The Balaban J connectivity index is 1.63. The van der Waals surface area contributed by atoms with Crippen molar-refractivity contribution in [3.8, 4) is 5.75 Å². The van der Waals surface area contributed by atoms with Crippen LogP contribution in [0.25, 0.3) is 0 Å². The maximum absolute atomic E-state index is 14.4. The average Bonchev–Trinajstić information content (AvgIpc) is 3.54. The highest BCUT2D eigenvalue weighted by Crippen LogP contribution is 2.52. The van der Waals surface area contributed by atoms with Gasteiger partial charge in [-0.05, 0) is 42.5 Å². The summed E-state index contributed by atoms with van der Waals surface area (Å²) < 4.78 is 43.1. The molecule has 0 saturated carbocycles. The lowest BCUT2D eigenvalue weighted by Crippen LogP contribution is -2.42. The van der Waals surface area contributed by atoms with Gasteiger partial charge in [0.15, 0.2) is 0 Å². The highest BCUT2D eigenvalue weighted by Gasteiger charge is 2.63. The van der Waals surface area contributed by atoms with Crippen LogP contribution in [0.2, 0.25) is 10.0 Å². The van der Waals surface area contributed by atoms with Crippen molar-refractivity contribution in [3.63, 3.8) is 0 Å². The maximum Gasteiger partial charge on any atom is 0.435 e. The first-order valence-corrected chi connectivity index (χ1v) is 12.5. The van der Waals surface area contributed by atoms with Crippen LogP contribution in [0.1, 0.15) is 44.1 Å². The third-order valence-electron chi connectivity index (χ3n) is 5.98. The monoisotopic (exact) mass is 564 g/mol. The number of thiophene rings is 1. The number of phenolic OH excluding ortho intramolecular Hbond substituents is 1. The number of oxime groups is 1. The molecule has 2 aliphatic rings. The zero-order valence-electron chi connectivity index (χ0n) is 18.6. The van der Waals surface area contributed by atoms with Gasteiger partial charge in [-0.3, -0.25) is 9.59 Å². The van der Waals surface area contributed by atoms with E-state index < -0.39 is 41.3 Å². The van der Waals surface area contributed by atoms with E-state index in [2.05, 4.69) is 15.8 Å². The molecule has 0 bridgehead atoms. The molecule has 8 nitrogen and oxygen atoms in total. The first-order valence-electron chi connectivity index (χ1n) is 10.9. The smallest absolute Gasteiger partial charge is 0.435 e. The van der Waals surface area contributed by atoms with Gasteiger partial charge in [0.2, 0.25) is 5.91 Å². The number of halogens is 5. The lowest BCUT2D eigenvalue weighted by molar-refractivity contribution is -0.275. The van der Waals surface area contributed by atoms with Gasteiger partial charge in [-0.1, -0.05) is 28.4 Å². The maximum atomic E-state index is 14.4. The predicted octanol–water partition coefficient (Wildman–Crippen LogP) is 3.64. The Hall–Kier alpha value is -2.54. The van der Waals surface area contributed by atoms with Gasteiger partial charge >= 0.3 is 6.18 Å².